The van der Waals surface area contributed by atoms with Gasteiger partial charge in [0.1, 0.15) is 0 Å². The molecule has 0 aromatic heterocycles. The van der Waals surface area contributed by atoms with Gasteiger partial charge in [0, 0.05) is 33.8 Å². The summed E-state index contributed by atoms with van der Waals surface area (Å²) in [6.07, 6.45) is 0. The number of hydrogen-bond acceptors (Lipinski definition) is 4. The largest absolute Gasteiger partial charge is 0.334 e. The van der Waals surface area contributed by atoms with Crippen LogP contribution in [0.1, 0.15) is 45.7 Å². The highest BCUT2D eigenvalue weighted by atomic mass is 79.9. The second kappa shape index (κ2) is 11.5. The van der Waals surface area contributed by atoms with Crippen LogP contribution in [-0.4, -0.2) is 29.8 Å². The third-order valence-corrected chi connectivity index (χ3v) is 6.56. The highest BCUT2D eigenvalue weighted by Crippen LogP contribution is 2.26. The summed E-state index contributed by atoms with van der Waals surface area (Å²) in [5.74, 6) is -0.463. The van der Waals surface area contributed by atoms with Crippen molar-refractivity contribution in [2.45, 2.75) is 20.4 Å². The predicted octanol–water partition coefficient (Wildman–Crippen LogP) is 5.85. The van der Waals surface area contributed by atoms with E-state index in [4.69, 9.17) is 22.6 Å². The molecule has 0 bridgehead atoms. The Morgan fingerprint density at radius 2 is 1.80 bits per heavy atom. The first-order chi connectivity index (χ1) is 16.6. The summed E-state index contributed by atoms with van der Waals surface area (Å²) in [6, 6.07) is 20.9. The molecule has 0 spiro atoms. The van der Waals surface area contributed by atoms with Gasteiger partial charge in [0.25, 0.3) is 11.8 Å². The van der Waals surface area contributed by atoms with Gasteiger partial charge in [-0.15, -0.1) is 0 Å². The van der Waals surface area contributed by atoms with Gasteiger partial charge in [0.05, 0.1) is 17.2 Å². The molecule has 3 aromatic rings. The van der Waals surface area contributed by atoms with E-state index in [-0.39, 0.29) is 23.8 Å². The number of carbonyl (C=O) groups excluding carboxylic acids is 2. The SMILES string of the molecule is CC(C)(CN)CN(Cc1cc(NC(=O)c2ccccc2Br)ccc1Cl)C(=O)c1ccc(C#N)cc1. The first-order valence-corrected chi connectivity index (χ1v) is 12.1. The maximum atomic E-state index is 13.4. The van der Waals surface area contributed by atoms with E-state index in [1.807, 2.05) is 19.9 Å². The van der Waals surface area contributed by atoms with Crippen LogP contribution < -0.4 is 11.1 Å². The molecule has 6 nitrogen and oxygen atoms in total. The lowest BCUT2D eigenvalue weighted by Gasteiger charge is -2.32. The van der Waals surface area contributed by atoms with Crippen LogP contribution in [-0.2, 0) is 6.54 Å². The topological polar surface area (TPSA) is 99.2 Å². The monoisotopic (exact) mass is 552 g/mol. The van der Waals surface area contributed by atoms with E-state index < -0.39 is 0 Å². The molecule has 0 atom stereocenters. The van der Waals surface area contributed by atoms with Crippen molar-refractivity contribution in [2.75, 3.05) is 18.4 Å². The summed E-state index contributed by atoms with van der Waals surface area (Å²) >= 11 is 9.89. The Hall–Kier alpha value is -3.18. The molecule has 35 heavy (non-hydrogen) atoms. The fourth-order valence-corrected chi connectivity index (χ4v) is 4.12. The zero-order chi connectivity index (χ0) is 25.6. The molecule has 0 saturated heterocycles. The molecule has 3 aromatic carbocycles. The van der Waals surface area contributed by atoms with E-state index in [1.54, 1.807) is 65.6 Å². The van der Waals surface area contributed by atoms with E-state index >= 15 is 0 Å². The highest BCUT2D eigenvalue weighted by Gasteiger charge is 2.26. The van der Waals surface area contributed by atoms with Crippen LogP contribution in [0.15, 0.2) is 71.2 Å². The van der Waals surface area contributed by atoms with Gasteiger partial charge >= 0.3 is 0 Å². The second-order valence-electron chi connectivity index (χ2n) is 8.96. The number of amides is 2. The second-order valence-corrected chi connectivity index (χ2v) is 10.2. The lowest BCUT2D eigenvalue weighted by atomic mass is 9.92. The van der Waals surface area contributed by atoms with Gasteiger partial charge in [-0.25, -0.2) is 0 Å². The van der Waals surface area contributed by atoms with Crippen molar-refractivity contribution in [2.24, 2.45) is 11.1 Å². The zero-order valence-corrected chi connectivity index (χ0v) is 21.9. The van der Waals surface area contributed by atoms with Gasteiger partial charge in [0.15, 0.2) is 0 Å². The van der Waals surface area contributed by atoms with Crippen LogP contribution >= 0.6 is 27.5 Å². The van der Waals surface area contributed by atoms with Crippen molar-refractivity contribution in [1.82, 2.24) is 4.90 Å². The Kier molecular flexibility index (Phi) is 8.68. The Labute approximate surface area is 218 Å². The third-order valence-electron chi connectivity index (χ3n) is 5.50. The number of hydrogen-bond donors (Lipinski definition) is 2. The fraction of sp³-hybridized carbons (Fsp3) is 0.222. The summed E-state index contributed by atoms with van der Waals surface area (Å²) in [5, 5.41) is 12.4. The normalized spacial score (nSPS) is 11.0. The number of nitrogens with one attached hydrogen (secondary N) is 1. The quantitative estimate of drug-likeness (QED) is 0.365. The number of benzene rings is 3. The van der Waals surface area contributed by atoms with E-state index in [9.17, 15) is 9.59 Å². The molecule has 2 amide bonds. The van der Waals surface area contributed by atoms with E-state index in [0.29, 0.717) is 50.5 Å². The Balaban J connectivity index is 1.88. The molecule has 0 saturated carbocycles. The van der Waals surface area contributed by atoms with Crippen molar-refractivity contribution >= 4 is 45.0 Å². The lowest BCUT2D eigenvalue weighted by molar-refractivity contribution is 0.0673. The minimum absolute atomic E-state index is 0.199. The molecule has 180 valence electrons. The molecule has 3 rings (SSSR count). The lowest BCUT2D eigenvalue weighted by Crippen LogP contribution is -2.41. The standard InChI is InChI=1S/C27H26BrClN4O2/c1-27(2,16-31)17-33(26(35)19-9-7-18(14-30)8-10-19)15-20-13-21(11-12-24(20)29)32-25(34)22-5-3-4-6-23(22)28/h3-13H,15-17,31H2,1-2H3,(H,32,34). The molecular formula is C27H26BrClN4O2. The number of nitrogens with zero attached hydrogens (tertiary/aromatic N) is 2. The molecule has 0 unspecified atom stereocenters. The van der Waals surface area contributed by atoms with Crippen molar-refractivity contribution in [1.29, 1.82) is 5.26 Å². The maximum Gasteiger partial charge on any atom is 0.256 e. The van der Waals surface area contributed by atoms with Crippen molar-refractivity contribution < 1.29 is 9.59 Å². The van der Waals surface area contributed by atoms with E-state index in [2.05, 4.69) is 27.3 Å². The first kappa shape index (κ1) is 26.4. The molecule has 8 heteroatoms. The summed E-state index contributed by atoms with van der Waals surface area (Å²) in [4.78, 5) is 27.9. The number of nitriles is 1. The predicted molar refractivity (Wildman–Crippen MR) is 142 cm³/mol. The Morgan fingerprint density at radius 1 is 1.11 bits per heavy atom. The van der Waals surface area contributed by atoms with Crippen molar-refractivity contribution in [3.8, 4) is 6.07 Å². The number of nitrogens with two attached hydrogens (primary N) is 1. The van der Waals surface area contributed by atoms with Crippen LogP contribution in [0.2, 0.25) is 5.02 Å². The van der Waals surface area contributed by atoms with E-state index in [0.717, 1.165) is 0 Å². The number of rotatable bonds is 8. The smallest absolute Gasteiger partial charge is 0.256 e. The van der Waals surface area contributed by atoms with Crippen LogP contribution in [0.5, 0.6) is 0 Å². The van der Waals surface area contributed by atoms with Crippen LogP contribution in [0.3, 0.4) is 0 Å². The molecule has 0 aliphatic heterocycles. The molecule has 0 fully saturated rings. The average molecular weight is 554 g/mol. The fourth-order valence-electron chi connectivity index (χ4n) is 3.47. The van der Waals surface area contributed by atoms with Crippen LogP contribution in [0.4, 0.5) is 5.69 Å². The average Bonchev–Trinajstić information content (AvgIpc) is 2.85. The summed E-state index contributed by atoms with van der Waals surface area (Å²) in [5.41, 5.74) is 8.32. The molecule has 0 aliphatic rings. The van der Waals surface area contributed by atoms with E-state index in [1.165, 1.54) is 0 Å². The molecule has 0 aliphatic carbocycles. The minimum Gasteiger partial charge on any atom is -0.334 e. The van der Waals surface area contributed by atoms with Crippen molar-refractivity contribution in [3.63, 3.8) is 0 Å². The summed E-state index contributed by atoms with van der Waals surface area (Å²) in [7, 11) is 0. The van der Waals surface area contributed by atoms with Gasteiger partial charge in [-0.2, -0.15) is 5.26 Å². The number of halogens is 2. The first-order valence-electron chi connectivity index (χ1n) is 11.0. The summed E-state index contributed by atoms with van der Waals surface area (Å²) in [6.45, 7) is 4.98. The Morgan fingerprint density at radius 3 is 2.43 bits per heavy atom. The van der Waals surface area contributed by atoms with Gasteiger partial charge in [-0.05, 0) is 88.1 Å². The molecular weight excluding hydrogens is 528 g/mol. The maximum absolute atomic E-state index is 13.4. The van der Waals surface area contributed by atoms with Crippen LogP contribution in [0, 0.1) is 16.7 Å². The summed E-state index contributed by atoms with van der Waals surface area (Å²) < 4.78 is 0.690. The van der Waals surface area contributed by atoms with Crippen LogP contribution in [0.25, 0.3) is 0 Å². The minimum atomic E-state index is -0.333. The van der Waals surface area contributed by atoms with Gasteiger partial charge in [0.2, 0.25) is 0 Å². The third kappa shape index (κ3) is 6.92. The van der Waals surface area contributed by atoms with Gasteiger partial charge in [-0.1, -0.05) is 37.6 Å². The zero-order valence-electron chi connectivity index (χ0n) is 19.5. The Bertz CT molecular complexity index is 1270. The molecule has 0 radical (unpaired) electrons. The number of carbonyl (C=O) groups is 2. The molecule has 3 N–H and O–H groups in total. The number of anilines is 1. The highest BCUT2D eigenvalue weighted by molar-refractivity contribution is 9.10. The van der Waals surface area contributed by atoms with Crippen molar-refractivity contribution in [3.05, 3.63) is 98.5 Å². The molecule has 0 heterocycles. The van der Waals surface area contributed by atoms with Gasteiger partial charge < -0.3 is 16.0 Å². The van der Waals surface area contributed by atoms with Gasteiger partial charge in [-0.3, -0.25) is 9.59 Å².